The number of benzene rings is 3. The van der Waals surface area contributed by atoms with Gasteiger partial charge < -0.3 is 40.6 Å². The topological polar surface area (TPSA) is 177 Å². The highest BCUT2D eigenvalue weighted by Gasteiger charge is 2.38. The van der Waals surface area contributed by atoms with E-state index in [4.69, 9.17) is 4.74 Å². The first-order valence-electron chi connectivity index (χ1n) is 18.8. The summed E-state index contributed by atoms with van der Waals surface area (Å²) in [5.74, 6) is -0.731. The number of aliphatic hydroxyl groups excluding tert-OH is 1. The van der Waals surface area contributed by atoms with Gasteiger partial charge in [0.05, 0.1) is 16.6 Å². The maximum absolute atomic E-state index is 13.1. The third kappa shape index (κ3) is 11.2. The zero-order valence-corrected chi connectivity index (χ0v) is 32.2. The van der Waals surface area contributed by atoms with E-state index in [1.54, 1.807) is 58.0 Å². The Morgan fingerprint density at radius 2 is 1.64 bits per heavy atom. The number of carbonyl (C=O) groups is 3. The number of H-pyrrole nitrogens is 2. The SMILES string of the molecule is Cc1cc(C(=O)NC(C)C(F)(F)F)ccc1-c1ccc(CC(C=O)(CNc2ccc3[nH]c(=O)[nH]c3c2)NC(O)C2CCC(CNC(=O)OC(C)(C)C)CC2)cc1. The van der Waals surface area contributed by atoms with Crippen molar-refractivity contribution in [2.24, 2.45) is 11.8 Å². The molecule has 0 saturated heterocycles. The predicted octanol–water partition coefficient (Wildman–Crippen LogP) is 6.34. The normalized spacial score (nSPS) is 18.4. The molecule has 0 radical (unpaired) electrons. The van der Waals surface area contributed by atoms with E-state index in [0.29, 0.717) is 41.7 Å². The number of amides is 2. The second kappa shape index (κ2) is 17.3. The van der Waals surface area contributed by atoms with Gasteiger partial charge in [-0.05, 0) is 131 Å². The second-order valence-electron chi connectivity index (χ2n) is 15.9. The number of imidazole rings is 1. The van der Waals surface area contributed by atoms with Crippen molar-refractivity contribution in [1.82, 2.24) is 25.9 Å². The number of alkyl halides is 3. The van der Waals surface area contributed by atoms with Crippen LogP contribution in [0.3, 0.4) is 0 Å². The standard InChI is InChI=1S/C41H51F3N6O6/c1-24-18-30(35(52)47-25(2)41(42,43)44)14-16-32(24)28-10-6-26(7-11-28)20-40(23-51,22-46-31-15-17-33-34(19-31)49-37(54)48-33)50-36(53)29-12-8-27(9-13-29)21-45-38(55)56-39(3,4)5/h6-7,10-11,14-19,23,25,27,29,36,46,50,53H,8-9,12-13,20-22H2,1-5H3,(H,45,55)(H,47,52)(H2,48,49,54). The van der Waals surface area contributed by atoms with Crippen LogP contribution in [0, 0.1) is 18.8 Å². The van der Waals surface area contributed by atoms with Gasteiger partial charge in [0, 0.05) is 24.3 Å². The first-order valence-corrected chi connectivity index (χ1v) is 18.8. The Bertz CT molecular complexity index is 2050. The molecule has 0 bridgehead atoms. The fourth-order valence-electron chi connectivity index (χ4n) is 7.00. The molecule has 5 rings (SSSR count). The number of carbonyl (C=O) groups excluding carboxylic acids is 3. The van der Waals surface area contributed by atoms with Gasteiger partial charge in [-0.25, -0.2) is 9.59 Å². The first kappa shape index (κ1) is 42.0. The molecule has 3 atom stereocenters. The fourth-order valence-corrected chi connectivity index (χ4v) is 7.00. The highest BCUT2D eigenvalue weighted by atomic mass is 19.4. The van der Waals surface area contributed by atoms with Crippen molar-refractivity contribution in [3.05, 3.63) is 87.8 Å². The molecule has 0 aliphatic heterocycles. The fraction of sp³-hybridized carbons (Fsp3) is 0.463. The van der Waals surface area contributed by atoms with Gasteiger partial charge >= 0.3 is 18.0 Å². The number of rotatable bonds is 14. The van der Waals surface area contributed by atoms with E-state index in [9.17, 15) is 37.5 Å². The van der Waals surface area contributed by atoms with E-state index >= 15 is 0 Å². The molecule has 3 unspecified atom stereocenters. The number of alkyl carbamates (subject to hydrolysis) is 1. The number of hydrogen-bond donors (Lipinski definition) is 7. The number of anilines is 1. The van der Waals surface area contributed by atoms with Crippen molar-refractivity contribution in [1.29, 1.82) is 0 Å². The van der Waals surface area contributed by atoms with Crippen LogP contribution in [-0.2, 0) is 16.0 Å². The molecular weight excluding hydrogens is 729 g/mol. The third-order valence-electron chi connectivity index (χ3n) is 10.2. The minimum absolute atomic E-state index is 0.0974. The summed E-state index contributed by atoms with van der Waals surface area (Å²) >= 11 is 0. The van der Waals surface area contributed by atoms with E-state index in [1.165, 1.54) is 6.07 Å². The lowest BCUT2D eigenvalue weighted by molar-refractivity contribution is -0.149. The molecule has 1 saturated carbocycles. The summed E-state index contributed by atoms with van der Waals surface area (Å²) in [6.07, 6.45) is -2.10. The summed E-state index contributed by atoms with van der Waals surface area (Å²) in [6.45, 7) is 8.65. The van der Waals surface area contributed by atoms with Crippen molar-refractivity contribution in [3.8, 4) is 11.1 Å². The average Bonchev–Trinajstić information content (AvgIpc) is 3.51. The van der Waals surface area contributed by atoms with Gasteiger partial charge in [-0.15, -0.1) is 0 Å². The van der Waals surface area contributed by atoms with Gasteiger partial charge in [0.2, 0.25) is 0 Å². The molecule has 302 valence electrons. The van der Waals surface area contributed by atoms with E-state index in [2.05, 4.69) is 25.9 Å². The van der Waals surface area contributed by atoms with Crippen LogP contribution in [0.2, 0.25) is 0 Å². The number of aryl methyl sites for hydroxylation is 1. The van der Waals surface area contributed by atoms with Crippen LogP contribution >= 0.6 is 0 Å². The van der Waals surface area contributed by atoms with Gasteiger partial charge in [0.25, 0.3) is 5.91 Å². The van der Waals surface area contributed by atoms with E-state index in [0.717, 1.165) is 42.7 Å². The summed E-state index contributed by atoms with van der Waals surface area (Å²) in [7, 11) is 0. The van der Waals surface area contributed by atoms with Gasteiger partial charge in [0.1, 0.15) is 24.2 Å². The van der Waals surface area contributed by atoms with Crippen LogP contribution in [0.1, 0.15) is 74.9 Å². The third-order valence-corrected chi connectivity index (χ3v) is 10.2. The molecule has 1 fully saturated rings. The molecule has 3 aromatic carbocycles. The number of aliphatic hydroxyl groups is 1. The lowest BCUT2D eigenvalue weighted by Gasteiger charge is -2.38. The van der Waals surface area contributed by atoms with Gasteiger partial charge in [0.15, 0.2) is 0 Å². The number of aromatic amines is 2. The summed E-state index contributed by atoms with van der Waals surface area (Å²) < 4.78 is 44.3. The van der Waals surface area contributed by atoms with Gasteiger partial charge in [-0.3, -0.25) is 10.1 Å². The van der Waals surface area contributed by atoms with Crippen molar-refractivity contribution >= 4 is 35.0 Å². The zero-order valence-electron chi connectivity index (χ0n) is 32.2. The first-order chi connectivity index (χ1) is 26.3. The molecular formula is C41H51F3N6O6. The zero-order chi connectivity index (χ0) is 40.8. The molecule has 1 aliphatic rings. The lowest BCUT2D eigenvalue weighted by atomic mass is 9.80. The minimum atomic E-state index is -4.56. The smallest absolute Gasteiger partial charge is 0.408 e. The Labute approximate surface area is 323 Å². The Morgan fingerprint density at radius 3 is 2.27 bits per heavy atom. The van der Waals surface area contributed by atoms with Crippen molar-refractivity contribution in [2.45, 2.75) is 96.3 Å². The highest BCUT2D eigenvalue weighted by Crippen LogP contribution is 2.32. The molecule has 56 heavy (non-hydrogen) atoms. The van der Waals surface area contributed by atoms with Crippen molar-refractivity contribution in [2.75, 3.05) is 18.4 Å². The summed E-state index contributed by atoms with van der Waals surface area (Å²) in [6, 6.07) is 15.5. The molecule has 1 aliphatic carbocycles. The number of aldehydes is 1. The van der Waals surface area contributed by atoms with E-state index in [1.807, 2.05) is 29.6 Å². The molecule has 1 heterocycles. The molecule has 2 amide bonds. The maximum Gasteiger partial charge on any atom is 0.408 e. The summed E-state index contributed by atoms with van der Waals surface area (Å²) in [4.78, 5) is 55.0. The van der Waals surface area contributed by atoms with Crippen molar-refractivity contribution < 1.29 is 37.4 Å². The predicted molar refractivity (Wildman–Crippen MR) is 208 cm³/mol. The maximum atomic E-state index is 13.1. The Kier molecular flexibility index (Phi) is 13.0. The Balaban J connectivity index is 1.29. The quantitative estimate of drug-likeness (QED) is 0.0573. The van der Waals surface area contributed by atoms with Crippen LogP contribution in [0.4, 0.5) is 23.7 Å². The van der Waals surface area contributed by atoms with E-state index in [-0.39, 0.29) is 36.1 Å². The largest absolute Gasteiger partial charge is 0.444 e. The van der Waals surface area contributed by atoms with Crippen LogP contribution in [-0.4, -0.2) is 76.0 Å². The average molecular weight is 781 g/mol. The number of halogens is 3. The number of fused-ring (bicyclic) bond motifs is 1. The number of aromatic nitrogens is 2. The molecule has 12 nitrogen and oxygen atoms in total. The molecule has 7 N–H and O–H groups in total. The highest BCUT2D eigenvalue weighted by molar-refractivity contribution is 5.95. The van der Waals surface area contributed by atoms with E-state index < -0.39 is 41.6 Å². The monoisotopic (exact) mass is 780 g/mol. The van der Waals surface area contributed by atoms with Gasteiger partial charge in [-0.1, -0.05) is 30.3 Å². The van der Waals surface area contributed by atoms with Crippen LogP contribution in [0.15, 0.2) is 65.5 Å². The summed E-state index contributed by atoms with van der Waals surface area (Å²) in [5.41, 5.74) is 2.87. The van der Waals surface area contributed by atoms with Crippen LogP contribution in [0.5, 0.6) is 0 Å². The Morgan fingerprint density at radius 1 is 0.964 bits per heavy atom. The molecule has 1 aromatic heterocycles. The lowest BCUT2D eigenvalue weighted by Crippen LogP contribution is -2.59. The molecule has 15 heteroatoms. The Hall–Kier alpha value is -5.15. The summed E-state index contributed by atoms with van der Waals surface area (Å²) in [5, 5.41) is 22.9. The number of hydrogen-bond acceptors (Lipinski definition) is 8. The number of nitrogens with one attached hydrogen (secondary N) is 6. The van der Waals surface area contributed by atoms with Crippen LogP contribution < -0.4 is 27.0 Å². The molecule has 4 aromatic rings. The van der Waals surface area contributed by atoms with Gasteiger partial charge in [-0.2, -0.15) is 13.2 Å². The second-order valence-corrected chi connectivity index (χ2v) is 15.9. The van der Waals surface area contributed by atoms with Crippen molar-refractivity contribution in [3.63, 3.8) is 0 Å². The molecule has 0 spiro atoms. The number of ether oxygens (including phenoxy) is 1. The minimum Gasteiger partial charge on any atom is -0.444 e. The van der Waals surface area contributed by atoms with Crippen LogP contribution in [0.25, 0.3) is 22.2 Å².